The molecule has 1 amide bonds. The van der Waals surface area contributed by atoms with Gasteiger partial charge in [-0.2, -0.15) is 0 Å². The fourth-order valence-electron chi connectivity index (χ4n) is 1.33. The van der Waals surface area contributed by atoms with Crippen molar-refractivity contribution in [3.05, 3.63) is 34.5 Å². The minimum atomic E-state index is -0.384. The Morgan fingerprint density at radius 1 is 1.56 bits per heavy atom. The molecule has 0 saturated heterocycles. The van der Waals surface area contributed by atoms with Crippen molar-refractivity contribution in [1.82, 2.24) is 5.48 Å². The predicted octanol–water partition coefficient (Wildman–Crippen LogP) is 2.88. The molecule has 1 aromatic carbocycles. The van der Waals surface area contributed by atoms with Crippen LogP contribution in [0.2, 0.25) is 0 Å². The van der Waals surface area contributed by atoms with Crippen molar-refractivity contribution in [1.29, 1.82) is 0 Å². The van der Waals surface area contributed by atoms with Crippen LogP contribution in [0.25, 0.3) is 11.0 Å². The third kappa shape index (κ3) is 2.10. The van der Waals surface area contributed by atoms with Crippen LogP contribution in [-0.4, -0.2) is 12.5 Å². The molecule has 84 valence electrons. The molecule has 0 unspecified atom stereocenters. The van der Waals surface area contributed by atoms with Gasteiger partial charge in [-0.15, -0.1) is 0 Å². The van der Waals surface area contributed by atoms with E-state index in [0.717, 1.165) is 9.86 Å². The highest BCUT2D eigenvalue weighted by Gasteiger charge is 2.13. The van der Waals surface area contributed by atoms with E-state index in [9.17, 15) is 4.79 Å². The van der Waals surface area contributed by atoms with E-state index < -0.39 is 0 Å². The summed E-state index contributed by atoms with van der Waals surface area (Å²) in [5.74, 6) is -0.152. The van der Waals surface area contributed by atoms with Gasteiger partial charge in [-0.25, -0.2) is 5.48 Å². The Morgan fingerprint density at radius 2 is 2.38 bits per heavy atom. The summed E-state index contributed by atoms with van der Waals surface area (Å²) < 4.78 is 6.24. The highest BCUT2D eigenvalue weighted by Crippen LogP contribution is 2.26. The van der Waals surface area contributed by atoms with Crippen LogP contribution in [0.3, 0.4) is 0 Å². The van der Waals surface area contributed by atoms with E-state index in [2.05, 4.69) is 21.4 Å². The number of nitrogens with one attached hydrogen (secondary N) is 1. The third-order valence-electron chi connectivity index (χ3n) is 2.03. The van der Waals surface area contributed by atoms with Crippen LogP contribution in [0.4, 0.5) is 0 Å². The number of hydroxylamine groups is 1. The van der Waals surface area contributed by atoms with Crippen molar-refractivity contribution in [2.45, 2.75) is 6.92 Å². The van der Waals surface area contributed by atoms with Gasteiger partial charge in [0.1, 0.15) is 5.58 Å². The lowest BCUT2D eigenvalue weighted by Gasteiger charge is -1.99. The zero-order valence-electron chi connectivity index (χ0n) is 8.62. The van der Waals surface area contributed by atoms with E-state index in [4.69, 9.17) is 9.25 Å². The number of carbonyl (C=O) groups excluding carboxylic acids is 1. The van der Waals surface area contributed by atoms with Crippen LogP contribution < -0.4 is 5.48 Å². The Kier molecular flexibility index (Phi) is 3.26. The van der Waals surface area contributed by atoms with E-state index in [1.165, 1.54) is 0 Å². The van der Waals surface area contributed by atoms with Gasteiger partial charge in [0.25, 0.3) is 0 Å². The summed E-state index contributed by atoms with van der Waals surface area (Å²) in [5, 5.41) is 0.871. The predicted molar refractivity (Wildman–Crippen MR) is 63.0 cm³/mol. The van der Waals surface area contributed by atoms with Crippen LogP contribution in [-0.2, 0) is 4.84 Å². The number of hydrogen-bond acceptors (Lipinski definition) is 3. The third-order valence-corrected chi connectivity index (χ3v) is 2.65. The minimum Gasteiger partial charge on any atom is -0.450 e. The largest absolute Gasteiger partial charge is 0.450 e. The van der Waals surface area contributed by atoms with Gasteiger partial charge in [-0.3, -0.25) is 9.63 Å². The Bertz CT molecular complexity index is 521. The second-order valence-corrected chi connectivity index (χ2v) is 3.99. The van der Waals surface area contributed by atoms with Crippen molar-refractivity contribution in [2.24, 2.45) is 0 Å². The number of rotatable bonds is 3. The van der Waals surface area contributed by atoms with E-state index in [-0.39, 0.29) is 11.7 Å². The van der Waals surface area contributed by atoms with Crippen LogP contribution in [0.15, 0.2) is 33.2 Å². The molecule has 0 spiro atoms. The molecule has 5 heteroatoms. The topological polar surface area (TPSA) is 51.5 Å². The monoisotopic (exact) mass is 283 g/mol. The maximum atomic E-state index is 11.5. The number of halogens is 1. The summed E-state index contributed by atoms with van der Waals surface area (Å²) >= 11 is 3.36. The molecule has 0 atom stereocenters. The molecule has 2 aromatic rings. The summed E-state index contributed by atoms with van der Waals surface area (Å²) in [6, 6.07) is 7.29. The molecule has 0 saturated carbocycles. The van der Waals surface area contributed by atoms with Gasteiger partial charge in [0.15, 0.2) is 5.76 Å². The van der Waals surface area contributed by atoms with E-state index in [0.29, 0.717) is 12.2 Å². The zero-order valence-corrected chi connectivity index (χ0v) is 10.2. The maximum Gasteiger partial charge on any atom is 0.310 e. The van der Waals surface area contributed by atoms with Crippen molar-refractivity contribution in [3.8, 4) is 0 Å². The molecular weight excluding hydrogens is 274 g/mol. The first-order chi connectivity index (χ1) is 7.72. The number of fused-ring (bicyclic) bond motifs is 1. The highest BCUT2D eigenvalue weighted by molar-refractivity contribution is 9.10. The Balaban J connectivity index is 2.32. The number of amides is 1. The standard InChI is InChI=1S/C11H10BrNO3/c1-2-15-13-11(14)9-6-7-4-3-5-8(12)10(7)16-9/h3-6H,2H2,1H3,(H,13,14). The van der Waals surface area contributed by atoms with Crippen molar-refractivity contribution >= 4 is 32.8 Å². The number of furan rings is 1. The van der Waals surface area contributed by atoms with Gasteiger partial charge < -0.3 is 4.42 Å². The number of hydrogen-bond donors (Lipinski definition) is 1. The average molecular weight is 284 g/mol. The second kappa shape index (κ2) is 4.67. The number of benzene rings is 1. The lowest BCUT2D eigenvalue weighted by molar-refractivity contribution is 0.0342. The quantitative estimate of drug-likeness (QED) is 0.882. The van der Waals surface area contributed by atoms with Gasteiger partial charge in [0.2, 0.25) is 0 Å². The molecule has 1 heterocycles. The molecule has 0 bridgehead atoms. The first-order valence-electron chi connectivity index (χ1n) is 4.82. The SMILES string of the molecule is CCONC(=O)c1cc2cccc(Br)c2o1. The van der Waals surface area contributed by atoms with Gasteiger partial charge in [0, 0.05) is 5.39 Å². The fraction of sp³-hybridized carbons (Fsp3) is 0.182. The summed E-state index contributed by atoms with van der Waals surface area (Å²) in [7, 11) is 0. The molecule has 0 aliphatic rings. The van der Waals surface area contributed by atoms with Gasteiger partial charge in [-0.05, 0) is 35.0 Å². The first kappa shape index (κ1) is 11.2. The Labute approximate surface area is 101 Å². The molecule has 4 nitrogen and oxygen atoms in total. The molecular formula is C11H10BrNO3. The smallest absolute Gasteiger partial charge is 0.310 e. The molecule has 1 aromatic heterocycles. The Hall–Kier alpha value is -1.33. The van der Waals surface area contributed by atoms with Crippen LogP contribution in [0.1, 0.15) is 17.5 Å². The minimum absolute atomic E-state index is 0.232. The molecule has 0 radical (unpaired) electrons. The van der Waals surface area contributed by atoms with Gasteiger partial charge in [0.05, 0.1) is 11.1 Å². The lowest BCUT2D eigenvalue weighted by Crippen LogP contribution is -2.22. The van der Waals surface area contributed by atoms with E-state index >= 15 is 0 Å². The second-order valence-electron chi connectivity index (χ2n) is 3.13. The summed E-state index contributed by atoms with van der Waals surface area (Å²) in [6.07, 6.45) is 0. The van der Waals surface area contributed by atoms with Crippen LogP contribution in [0, 0.1) is 0 Å². The zero-order chi connectivity index (χ0) is 11.5. The molecule has 1 N–H and O–H groups in total. The van der Waals surface area contributed by atoms with Gasteiger partial charge >= 0.3 is 5.91 Å². The number of carbonyl (C=O) groups is 1. The van der Waals surface area contributed by atoms with E-state index in [1.807, 2.05) is 18.2 Å². The number of para-hydroxylation sites is 1. The molecule has 0 aliphatic heterocycles. The van der Waals surface area contributed by atoms with Crippen LogP contribution >= 0.6 is 15.9 Å². The highest BCUT2D eigenvalue weighted by atomic mass is 79.9. The molecule has 2 rings (SSSR count). The lowest BCUT2D eigenvalue weighted by atomic mass is 10.2. The average Bonchev–Trinajstić information content (AvgIpc) is 2.71. The normalized spacial score (nSPS) is 10.6. The molecule has 0 fully saturated rings. The van der Waals surface area contributed by atoms with Gasteiger partial charge in [-0.1, -0.05) is 12.1 Å². The molecule has 16 heavy (non-hydrogen) atoms. The fourth-order valence-corrected chi connectivity index (χ4v) is 1.79. The first-order valence-corrected chi connectivity index (χ1v) is 5.62. The van der Waals surface area contributed by atoms with Crippen molar-refractivity contribution in [3.63, 3.8) is 0 Å². The van der Waals surface area contributed by atoms with Crippen molar-refractivity contribution in [2.75, 3.05) is 6.61 Å². The summed E-state index contributed by atoms with van der Waals surface area (Å²) in [4.78, 5) is 16.3. The Morgan fingerprint density at radius 3 is 3.06 bits per heavy atom. The maximum absolute atomic E-state index is 11.5. The summed E-state index contributed by atoms with van der Waals surface area (Å²) in [6.45, 7) is 2.20. The summed E-state index contributed by atoms with van der Waals surface area (Å²) in [5.41, 5.74) is 2.94. The van der Waals surface area contributed by atoms with Crippen molar-refractivity contribution < 1.29 is 14.0 Å². The van der Waals surface area contributed by atoms with Crippen LogP contribution in [0.5, 0.6) is 0 Å². The molecule has 0 aliphatic carbocycles. The van der Waals surface area contributed by atoms with E-state index in [1.54, 1.807) is 13.0 Å².